The highest BCUT2D eigenvalue weighted by Crippen LogP contribution is 2.23. The summed E-state index contributed by atoms with van der Waals surface area (Å²) in [6, 6.07) is 21.8. The van der Waals surface area contributed by atoms with Crippen molar-refractivity contribution < 1.29 is 9.90 Å². The number of hydrogen-bond acceptors (Lipinski definition) is 5. The fraction of sp³-hybridized carbons (Fsp3) is 0. The van der Waals surface area contributed by atoms with Crippen LogP contribution < -0.4 is 0 Å². The number of carboxylic acid groups (broad SMARTS) is 1. The summed E-state index contributed by atoms with van der Waals surface area (Å²) < 4.78 is 3.05. The zero-order valence-electron chi connectivity index (χ0n) is 17.2. The van der Waals surface area contributed by atoms with Crippen LogP contribution in [0.4, 0.5) is 0 Å². The number of aromatic carboxylic acids is 1. The van der Waals surface area contributed by atoms with Crippen LogP contribution in [0.15, 0.2) is 85.2 Å². The number of carbonyl (C=O) groups is 1. The summed E-state index contributed by atoms with van der Waals surface area (Å²) in [5.41, 5.74) is 4.89. The second-order valence-corrected chi connectivity index (χ2v) is 7.23. The van der Waals surface area contributed by atoms with Crippen LogP contribution >= 0.6 is 0 Å². The Hall–Kier alpha value is -5.03. The van der Waals surface area contributed by atoms with Crippen LogP contribution in [0, 0.1) is 12.3 Å². The van der Waals surface area contributed by atoms with Crippen LogP contribution in [-0.2, 0) is 0 Å². The summed E-state index contributed by atoms with van der Waals surface area (Å²) in [6.07, 6.45) is 8.96. The SMILES string of the molecule is C#Cc1cccc(-c2cn(-c3cc(C(=O)O)cc(-n4cc(-c5ccccc5)nn4)c3)nn2)c1. The van der Waals surface area contributed by atoms with E-state index in [1.165, 1.54) is 21.5 Å². The molecule has 5 aromatic rings. The van der Waals surface area contributed by atoms with Gasteiger partial charge in [0.25, 0.3) is 0 Å². The highest BCUT2D eigenvalue weighted by Gasteiger charge is 2.14. The maximum atomic E-state index is 11.8. The van der Waals surface area contributed by atoms with Crippen LogP contribution in [0.1, 0.15) is 15.9 Å². The molecule has 33 heavy (non-hydrogen) atoms. The van der Waals surface area contributed by atoms with E-state index >= 15 is 0 Å². The Kier molecular flexibility index (Phi) is 4.97. The highest BCUT2D eigenvalue weighted by molar-refractivity contribution is 5.89. The average Bonchev–Trinajstić information content (AvgIpc) is 3.55. The van der Waals surface area contributed by atoms with Gasteiger partial charge in [0.1, 0.15) is 11.4 Å². The Bertz CT molecular complexity index is 1510. The van der Waals surface area contributed by atoms with Crippen molar-refractivity contribution in [3.63, 3.8) is 0 Å². The van der Waals surface area contributed by atoms with Gasteiger partial charge in [0.05, 0.1) is 29.3 Å². The van der Waals surface area contributed by atoms with Gasteiger partial charge in [0.15, 0.2) is 0 Å². The van der Waals surface area contributed by atoms with Crippen molar-refractivity contribution in [1.82, 2.24) is 30.0 Å². The van der Waals surface area contributed by atoms with E-state index < -0.39 is 5.97 Å². The molecule has 0 radical (unpaired) electrons. The minimum Gasteiger partial charge on any atom is -0.478 e. The molecule has 0 aliphatic carbocycles. The fourth-order valence-corrected chi connectivity index (χ4v) is 3.40. The van der Waals surface area contributed by atoms with Gasteiger partial charge in [-0.1, -0.05) is 58.8 Å². The van der Waals surface area contributed by atoms with Gasteiger partial charge in [-0.05, 0) is 30.3 Å². The molecule has 0 fully saturated rings. The minimum absolute atomic E-state index is 0.0886. The average molecular weight is 432 g/mol. The predicted octanol–water partition coefficient (Wildman–Crippen LogP) is 3.86. The predicted molar refractivity (Wildman–Crippen MR) is 122 cm³/mol. The molecule has 0 aliphatic rings. The molecule has 1 N–H and O–H groups in total. The van der Waals surface area contributed by atoms with Crippen molar-refractivity contribution >= 4 is 5.97 Å². The lowest BCUT2D eigenvalue weighted by Crippen LogP contribution is -2.05. The molecule has 8 heteroatoms. The van der Waals surface area contributed by atoms with E-state index in [9.17, 15) is 9.90 Å². The van der Waals surface area contributed by atoms with Crippen molar-refractivity contribution in [1.29, 1.82) is 0 Å². The van der Waals surface area contributed by atoms with E-state index in [4.69, 9.17) is 6.42 Å². The van der Waals surface area contributed by atoms with Crippen molar-refractivity contribution in [2.75, 3.05) is 0 Å². The highest BCUT2D eigenvalue weighted by atomic mass is 16.4. The lowest BCUT2D eigenvalue weighted by Gasteiger charge is -2.07. The first-order valence-electron chi connectivity index (χ1n) is 9.97. The first kappa shape index (κ1) is 19.9. The third kappa shape index (κ3) is 3.98. The number of terminal acetylenes is 1. The molecule has 158 valence electrons. The molecule has 3 aromatic carbocycles. The molecule has 0 spiro atoms. The lowest BCUT2D eigenvalue weighted by molar-refractivity contribution is 0.0697. The molecule has 0 saturated carbocycles. The molecule has 2 heterocycles. The number of hydrogen-bond donors (Lipinski definition) is 1. The van der Waals surface area contributed by atoms with Gasteiger partial charge in [-0.3, -0.25) is 0 Å². The molecule has 0 aliphatic heterocycles. The summed E-state index contributed by atoms with van der Waals surface area (Å²) in [5.74, 6) is 1.53. The Morgan fingerprint density at radius 2 is 1.39 bits per heavy atom. The van der Waals surface area contributed by atoms with E-state index in [1.807, 2.05) is 54.6 Å². The maximum Gasteiger partial charge on any atom is 0.335 e. The van der Waals surface area contributed by atoms with Crippen LogP contribution in [0.25, 0.3) is 33.9 Å². The molecule has 0 unspecified atom stereocenters. The molecule has 2 aromatic heterocycles. The quantitative estimate of drug-likeness (QED) is 0.424. The Morgan fingerprint density at radius 1 is 0.788 bits per heavy atom. The Balaban J connectivity index is 1.55. The van der Waals surface area contributed by atoms with Crippen molar-refractivity contribution in [2.24, 2.45) is 0 Å². The van der Waals surface area contributed by atoms with Crippen LogP contribution in [0.5, 0.6) is 0 Å². The lowest BCUT2D eigenvalue weighted by atomic mass is 10.1. The summed E-state index contributed by atoms with van der Waals surface area (Å²) in [4.78, 5) is 11.8. The summed E-state index contributed by atoms with van der Waals surface area (Å²) in [6.45, 7) is 0. The number of nitrogens with zero attached hydrogens (tertiary/aromatic N) is 6. The fourth-order valence-electron chi connectivity index (χ4n) is 3.40. The normalized spacial score (nSPS) is 10.6. The van der Waals surface area contributed by atoms with Gasteiger partial charge < -0.3 is 5.11 Å². The number of carboxylic acids is 1. The zero-order chi connectivity index (χ0) is 22.8. The molecular formula is C25H16N6O2. The topological polar surface area (TPSA) is 98.7 Å². The van der Waals surface area contributed by atoms with E-state index in [2.05, 4.69) is 26.5 Å². The molecule has 0 atom stereocenters. The minimum atomic E-state index is -1.07. The first-order chi connectivity index (χ1) is 16.1. The second-order valence-electron chi connectivity index (χ2n) is 7.23. The molecule has 8 nitrogen and oxygen atoms in total. The molecule has 0 bridgehead atoms. The van der Waals surface area contributed by atoms with Gasteiger partial charge in [-0.15, -0.1) is 16.6 Å². The third-order valence-electron chi connectivity index (χ3n) is 5.06. The van der Waals surface area contributed by atoms with Crippen molar-refractivity contribution in [3.05, 3.63) is 96.3 Å². The zero-order valence-corrected chi connectivity index (χ0v) is 17.2. The third-order valence-corrected chi connectivity index (χ3v) is 5.06. The monoisotopic (exact) mass is 432 g/mol. The van der Waals surface area contributed by atoms with Crippen LogP contribution in [0.2, 0.25) is 0 Å². The molecule has 0 saturated heterocycles. The van der Waals surface area contributed by atoms with Gasteiger partial charge in [0.2, 0.25) is 0 Å². The van der Waals surface area contributed by atoms with Gasteiger partial charge >= 0.3 is 5.97 Å². The van der Waals surface area contributed by atoms with E-state index in [1.54, 1.807) is 18.5 Å². The number of rotatable bonds is 5. The second kappa shape index (κ2) is 8.24. The first-order valence-corrected chi connectivity index (χ1v) is 9.97. The number of benzene rings is 3. The molecule has 0 amide bonds. The summed E-state index contributed by atoms with van der Waals surface area (Å²) in [7, 11) is 0. The van der Waals surface area contributed by atoms with E-state index in [-0.39, 0.29) is 5.56 Å². The molecule has 5 rings (SSSR count). The Labute approximate surface area is 188 Å². The van der Waals surface area contributed by atoms with Crippen LogP contribution in [-0.4, -0.2) is 41.1 Å². The smallest absolute Gasteiger partial charge is 0.335 e. The largest absolute Gasteiger partial charge is 0.478 e. The van der Waals surface area contributed by atoms with E-state index in [0.717, 1.165) is 16.7 Å². The molecular weight excluding hydrogens is 416 g/mol. The summed E-state index contributed by atoms with van der Waals surface area (Å²) >= 11 is 0. The standard InChI is InChI=1S/C25H16N6O2/c1-2-17-7-6-10-19(11-17)24-16-31(29-27-24)22-13-20(25(32)33)12-21(14-22)30-15-23(26-28-30)18-8-4-3-5-9-18/h1,3-16H,(H,32,33). The van der Waals surface area contributed by atoms with Crippen molar-refractivity contribution in [3.8, 4) is 46.2 Å². The van der Waals surface area contributed by atoms with Gasteiger partial charge in [0, 0.05) is 16.7 Å². The maximum absolute atomic E-state index is 11.8. The van der Waals surface area contributed by atoms with Gasteiger partial charge in [-0.2, -0.15) is 0 Å². The van der Waals surface area contributed by atoms with E-state index in [0.29, 0.717) is 22.8 Å². The van der Waals surface area contributed by atoms with Crippen LogP contribution in [0.3, 0.4) is 0 Å². The Morgan fingerprint density at radius 3 is 2.00 bits per heavy atom. The van der Waals surface area contributed by atoms with Crippen molar-refractivity contribution in [2.45, 2.75) is 0 Å². The summed E-state index contributed by atoms with van der Waals surface area (Å²) in [5, 5.41) is 26.4. The number of aromatic nitrogens is 6. The van der Waals surface area contributed by atoms with Gasteiger partial charge in [-0.25, -0.2) is 14.2 Å².